The zero-order chi connectivity index (χ0) is 19.4. The fourth-order valence-corrected chi connectivity index (χ4v) is 4.74. The van der Waals surface area contributed by atoms with Gasteiger partial charge in [-0.3, -0.25) is 24.2 Å². The molecule has 3 rings (SSSR count). The summed E-state index contributed by atoms with van der Waals surface area (Å²) in [4.78, 5) is 39.2. The van der Waals surface area contributed by atoms with Crippen LogP contribution in [-0.2, 0) is 19.1 Å². The van der Waals surface area contributed by atoms with E-state index in [1.165, 1.54) is 21.6 Å². The highest BCUT2D eigenvalue weighted by molar-refractivity contribution is 8.26. The molecular formula is C17H14N2O4S4. The largest absolute Gasteiger partial charge is 0.462 e. The third-order valence-electron chi connectivity index (χ3n) is 3.68. The summed E-state index contributed by atoms with van der Waals surface area (Å²) in [6.45, 7) is -0.0351. The third-order valence-corrected chi connectivity index (χ3v) is 6.49. The molecule has 6 nitrogen and oxygen atoms in total. The van der Waals surface area contributed by atoms with Crippen molar-refractivity contribution in [3.05, 3.63) is 40.8 Å². The summed E-state index contributed by atoms with van der Waals surface area (Å²) in [5.41, 5.74) is 0.879. The Morgan fingerprint density at radius 3 is 2.56 bits per heavy atom. The SMILES string of the molecule is O=C(CN1C(=O)C(=Cc2ccccc2)SC1=S)OCCN1C(=O)CSC1=S. The highest BCUT2D eigenvalue weighted by atomic mass is 32.2. The first-order chi connectivity index (χ1) is 13.0. The van der Waals surface area contributed by atoms with Gasteiger partial charge >= 0.3 is 5.97 Å². The van der Waals surface area contributed by atoms with Gasteiger partial charge < -0.3 is 4.74 Å². The standard InChI is InChI=1S/C17H14N2O4S4/c20-13-10-26-16(24)18(13)6-7-23-14(21)9-19-15(22)12(27-17(19)25)8-11-4-2-1-3-5-11/h1-5,8H,6-7,9-10H2. The predicted molar refractivity (Wildman–Crippen MR) is 114 cm³/mol. The molecule has 0 N–H and O–H groups in total. The molecule has 2 aliphatic heterocycles. The number of ether oxygens (including phenoxy) is 1. The van der Waals surface area contributed by atoms with Gasteiger partial charge in [-0.1, -0.05) is 78.3 Å². The fourth-order valence-electron chi connectivity index (χ4n) is 2.36. The minimum absolute atomic E-state index is 0.0138. The van der Waals surface area contributed by atoms with Crippen molar-refractivity contribution in [1.82, 2.24) is 9.80 Å². The van der Waals surface area contributed by atoms with Gasteiger partial charge in [0.25, 0.3) is 5.91 Å². The molecule has 2 saturated heterocycles. The summed E-state index contributed by atoms with van der Waals surface area (Å²) < 4.78 is 5.93. The summed E-state index contributed by atoms with van der Waals surface area (Å²) in [5, 5.41) is 0. The van der Waals surface area contributed by atoms with E-state index in [2.05, 4.69) is 0 Å². The van der Waals surface area contributed by atoms with Crippen molar-refractivity contribution in [2.24, 2.45) is 0 Å². The molecule has 0 aliphatic carbocycles. The Morgan fingerprint density at radius 1 is 1.15 bits per heavy atom. The van der Waals surface area contributed by atoms with E-state index in [1.807, 2.05) is 30.3 Å². The van der Waals surface area contributed by atoms with Gasteiger partial charge in [0.05, 0.1) is 17.2 Å². The number of benzene rings is 1. The number of hydrogen-bond donors (Lipinski definition) is 0. The number of thioether (sulfide) groups is 2. The van der Waals surface area contributed by atoms with Crippen LogP contribution in [0.3, 0.4) is 0 Å². The van der Waals surface area contributed by atoms with Crippen LogP contribution in [0.1, 0.15) is 5.56 Å². The zero-order valence-corrected chi connectivity index (χ0v) is 17.2. The van der Waals surface area contributed by atoms with Crippen molar-refractivity contribution in [2.75, 3.05) is 25.4 Å². The molecule has 1 aromatic rings. The minimum Gasteiger partial charge on any atom is -0.462 e. The summed E-state index contributed by atoms with van der Waals surface area (Å²) in [7, 11) is 0. The van der Waals surface area contributed by atoms with Gasteiger partial charge in [-0.15, -0.1) is 0 Å². The van der Waals surface area contributed by atoms with Gasteiger partial charge in [0, 0.05) is 0 Å². The van der Waals surface area contributed by atoms with Crippen LogP contribution in [0, 0.1) is 0 Å². The van der Waals surface area contributed by atoms with Crippen molar-refractivity contribution in [3.8, 4) is 0 Å². The maximum Gasteiger partial charge on any atom is 0.326 e. The molecule has 0 aromatic heterocycles. The van der Waals surface area contributed by atoms with Gasteiger partial charge in [-0.2, -0.15) is 0 Å². The number of nitrogens with zero attached hydrogens (tertiary/aromatic N) is 2. The first-order valence-electron chi connectivity index (χ1n) is 7.89. The van der Waals surface area contributed by atoms with Crippen molar-refractivity contribution in [1.29, 1.82) is 0 Å². The third kappa shape index (κ3) is 4.95. The van der Waals surface area contributed by atoms with E-state index >= 15 is 0 Å². The van der Waals surface area contributed by atoms with E-state index in [4.69, 9.17) is 29.2 Å². The van der Waals surface area contributed by atoms with Gasteiger partial charge in [0.15, 0.2) is 0 Å². The van der Waals surface area contributed by atoms with E-state index in [0.717, 1.165) is 17.3 Å². The van der Waals surface area contributed by atoms with Crippen molar-refractivity contribution in [3.63, 3.8) is 0 Å². The van der Waals surface area contributed by atoms with Crippen LogP contribution in [0.2, 0.25) is 0 Å². The number of thiocarbonyl (C=S) groups is 2. The topological polar surface area (TPSA) is 66.9 Å². The van der Waals surface area contributed by atoms with E-state index in [9.17, 15) is 14.4 Å². The van der Waals surface area contributed by atoms with Gasteiger partial charge in [-0.05, 0) is 11.6 Å². The lowest BCUT2D eigenvalue weighted by atomic mass is 10.2. The second kappa shape index (κ2) is 8.96. The molecule has 0 bridgehead atoms. The molecule has 140 valence electrons. The molecular weight excluding hydrogens is 424 g/mol. The Balaban J connectivity index is 1.52. The fraction of sp³-hybridized carbons (Fsp3) is 0.235. The Labute approximate surface area is 175 Å². The van der Waals surface area contributed by atoms with E-state index in [0.29, 0.717) is 19.3 Å². The van der Waals surface area contributed by atoms with Crippen molar-refractivity contribution < 1.29 is 19.1 Å². The zero-order valence-electron chi connectivity index (χ0n) is 14.0. The quantitative estimate of drug-likeness (QED) is 0.381. The van der Waals surface area contributed by atoms with Crippen LogP contribution in [0.15, 0.2) is 35.2 Å². The molecule has 0 radical (unpaired) electrons. The Kier molecular flexibility index (Phi) is 6.64. The first kappa shape index (κ1) is 20.0. The summed E-state index contributed by atoms with van der Waals surface area (Å²) in [6.07, 6.45) is 1.74. The number of hydrogen-bond acceptors (Lipinski definition) is 8. The number of rotatable bonds is 6. The van der Waals surface area contributed by atoms with Gasteiger partial charge in [0.1, 0.15) is 21.8 Å². The smallest absolute Gasteiger partial charge is 0.326 e. The monoisotopic (exact) mass is 438 g/mol. The molecule has 0 unspecified atom stereocenters. The lowest BCUT2D eigenvalue weighted by Gasteiger charge is -2.16. The maximum atomic E-state index is 12.5. The van der Waals surface area contributed by atoms with Crippen LogP contribution >= 0.6 is 48.0 Å². The predicted octanol–water partition coefficient (Wildman–Crippen LogP) is 2.29. The second-order valence-corrected chi connectivity index (χ2v) is 8.78. The van der Waals surface area contributed by atoms with Crippen molar-refractivity contribution >= 4 is 80.5 Å². The number of carbonyl (C=O) groups excluding carboxylic acids is 3. The molecule has 2 fully saturated rings. The molecule has 2 aliphatic rings. The lowest BCUT2D eigenvalue weighted by Crippen LogP contribution is -2.36. The number of esters is 1. The molecule has 10 heteroatoms. The lowest BCUT2D eigenvalue weighted by molar-refractivity contribution is -0.146. The highest BCUT2D eigenvalue weighted by Crippen LogP contribution is 2.32. The summed E-state index contributed by atoms with van der Waals surface area (Å²) >= 11 is 12.7. The van der Waals surface area contributed by atoms with E-state index in [-0.39, 0.29) is 31.5 Å². The molecule has 1 aromatic carbocycles. The maximum absolute atomic E-state index is 12.5. The van der Waals surface area contributed by atoms with Crippen LogP contribution in [0.4, 0.5) is 0 Å². The average molecular weight is 439 g/mol. The van der Waals surface area contributed by atoms with Crippen LogP contribution in [0.25, 0.3) is 6.08 Å². The first-order valence-corrected chi connectivity index (χ1v) is 10.5. The van der Waals surface area contributed by atoms with Gasteiger partial charge in [0.2, 0.25) is 5.91 Å². The molecule has 2 amide bonds. The molecule has 0 spiro atoms. The minimum atomic E-state index is -0.586. The van der Waals surface area contributed by atoms with Crippen LogP contribution < -0.4 is 0 Å². The Morgan fingerprint density at radius 2 is 1.89 bits per heavy atom. The highest BCUT2D eigenvalue weighted by Gasteiger charge is 2.34. The molecule has 2 heterocycles. The molecule has 27 heavy (non-hydrogen) atoms. The molecule has 0 atom stereocenters. The normalized spacial score (nSPS) is 18.7. The van der Waals surface area contributed by atoms with Crippen molar-refractivity contribution in [2.45, 2.75) is 0 Å². The Hall–Kier alpha value is -1.75. The van der Waals surface area contributed by atoms with E-state index in [1.54, 1.807) is 6.08 Å². The summed E-state index contributed by atoms with van der Waals surface area (Å²) in [5.74, 6) is -0.684. The summed E-state index contributed by atoms with van der Waals surface area (Å²) in [6, 6.07) is 9.39. The number of amides is 2. The van der Waals surface area contributed by atoms with Crippen LogP contribution in [-0.4, -0.2) is 61.7 Å². The average Bonchev–Trinajstić information content (AvgIpc) is 3.10. The van der Waals surface area contributed by atoms with Crippen LogP contribution in [0.5, 0.6) is 0 Å². The Bertz CT molecular complexity index is 825. The number of carbonyl (C=O) groups is 3. The van der Waals surface area contributed by atoms with E-state index < -0.39 is 5.97 Å². The second-order valence-electron chi connectivity index (χ2n) is 5.50. The van der Waals surface area contributed by atoms with Gasteiger partial charge in [-0.25, -0.2) is 0 Å². The molecule has 0 saturated carbocycles.